The Morgan fingerprint density at radius 3 is 2.82 bits per heavy atom. The third-order valence-electron chi connectivity index (χ3n) is 2.68. The van der Waals surface area contributed by atoms with E-state index in [1.165, 1.54) is 0 Å². The van der Waals surface area contributed by atoms with Crippen LogP contribution in [0.3, 0.4) is 0 Å². The predicted molar refractivity (Wildman–Crippen MR) is 60.9 cm³/mol. The minimum atomic E-state index is -0.745. The van der Waals surface area contributed by atoms with Crippen molar-refractivity contribution in [3.63, 3.8) is 0 Å². The number of hydrogen-bond acceptors (Lipinski definition) is 4. The first-order valence-corrected chi connectivity index (χ1v) is 5.33. The van der Waals surface area contributed by atoms with Crippen LogP contribution in [-0.2, 0) is 0 Å². The summed E-state index contributed by atoms with van der Waals surface area (Å²) in [4.78, 5) is 4.13. The lowest BCUT2D eigenvalue weighted by atomic mass is 10.1. The first-order valence-electron chi connectivity index (χ1n) is 5.33. The van der Waals surface area contributed by atoms with Gasteiger partial charge in [-0.15, -0.1) is 0 Å². The Hall–Kier alpha value is -2.07. The topological polar surface area (TPSA) is 51.6 Å². The van der Waals surface area contributed by atoms with Gasteiger partial charge in [0.05, 0.1) is 5.69 Å². The number of benzene rings is 1. The van der Waals surface area contributed by atoms with Crippen molar-refractivity contribution in [3.8, 4) is 11.5 Å². The molecule has 0 spiro atoms. The van der Waals surface area contributed by atoms with E-state index in [2.05, 4.69) is 4.98 Å². The average Bonchev–Trinajstić information content (AvgIpc) is 2.86. The molecule has 1 aromatic carbocycles. The van der Waals surface area contributed by atoms with Crippen molar-refractivity contribution in [2.24, 2.45) is 0 Å². The van der Waals surface area contributed by atoms with Gasteiger partial charge in [0.1, 0.15) is 6.10 Å². The van der Waals surface area contributed by atoms with Crippen LogP contribution in [0.1, 0.15) is 17.4 Å². The fraction of sp³-hybridized carbons (Fsp3) is 0.154. The number of hydrogen-bond donors (Lipinski definition) is 1. The molecule has 4 heteroatoms. The average molecular weight is 229 g/mol. The van der Waals surface area contributed by atoms with Gasteiger partial charge in [0.15, 0.2) is 11.5 Å². The lowest BCUT2D eigenvalue weighted by Crippen LogP contribution is -2.01. The predicted octanol–water partition coefficient (Wildman–Crippen LogP) is 1.89. The molecule has 17 heavy (non-hydrogen) atoms. The minimum Gasteiger partial charge on any atom is -0.454 e. The molecule has 1 atom stereocenters. The van der Waals surface area contributed by atoms with Crippen molar-refractivity contribution in [2.75, 3.05) is 6.79 Å². The Morgan fingerprint density at radius 1 is 1.12 bits per heavy atom. The second-order valence-corrected chi connectivity index (χ2v) is 3.77. The van der Waals surface area contributed by atoms with Crippen LogP contribution in [0.5, 0.6) is 11.5 Å². The Kier molecular flexibility index (Phi) is 2.42. The fourth-order valence-corrected chi connectivity index (χ4v) is 1.79. The third-order valence-corrected chi connectivity index (χ3v) is 2.68. The molecule has 86 valence electrons. The molecule has 3 rings (SSSR count). The van der Waals surface area contributed by atoms with E-state index in [4.69, 9.17) is 9.47 Å². The van der Waals surface area contributed by atoms with Crippen molar-refractivity contribution >= 4 is 0 Å². The van der Waals surface area contributed by atoms with Gasteiger partial charge in [-0.05, 0) is 29.8 Å². The van der Waals surface area contributed by atoms with Gasteiger partial charge in [-0.25, -0.2) is 0 Å². The monoisotopic (exact) mass is 229 g/mol. The maximum absolute atomic E-state index is 10.2. The van der Waals surface area contributed by atoms with Gasteiger partial charge in [-0.2, -0.15) is 0 Å². The zero-order valence-corrected chi connectivity index (χ0v) is 9.04. The summed E-state index contributed by atoms with van der Waals surface area (Å²) in [5, 5.41) is 10.2. The van der Waals surface area contributed by atoms with E-state index < -0.39 is 6.10 Å². The number of aliphatic hydroxyl groups excluding tert-OH is 1. The number of rotatable bonds is 2. The number of aromatic nitrogens is 1. The molecule has 1 aromatic heterocycles. The van der Waals surface area contributed by atoms with Crippen LogP contribution in [0.4, 0.5) is 0 Å². The highest BCUT2D eigenvalue weighted by molar-refractivity contribution is 5.46. The van der Waals surface area contributed by atoms with Crippen LogP contribution in [0.15, 0.2) is 42.6 Å². The summed E-state index contributed by atoms with van der Waals surface area (Å²) in [6, 6.07) is 10.8. The molecule has 0 amide bonds. The zero-order valence-electron chi connectivity index (χ0n) is 9.04. The summed E-state index contributed by atoms with van der Waals surface area (Å²) < 4.78 is 10.5. The molecular formula is C13H11NO3. The highest BCUT2D eigenvalue weighted by atomic mass is 16.7. The maximum atomic E-state index is 10.2. The Morgan fingerprint density at radius 2 is 2.00 bits per heavy atom. The first kappa shape index (κ1) is 10.1. The van der Waals surface area contributed by atoms with Crippen LogP contribution < -0.4 is 9.47 Å². The van der Waals surface area contributed by atoms with Gasteiger partial charge >= 0.3 is 0 Å². The van der Waals surface area contributed by atoms with Crippen molar-refractivity contribution in [1.29, 1.82) is 0 Å². The number of fused-ring (bicyclic) bond motifs is 1. The van der Waals surface area contributed by atoms with E-state index in [-0.39, 0.29) is 6.79 Å². The molecule has 0 saturated heterocycles. The van der Waals surface area contributed by atoms with Gasteiger partial charge in [0, 0.05) is 6.20 Å². The van der Waals surface area contributed by atoms with Crippen molar-refractivity contribution in [2.45, 2.75) is 6.10 Å². The smallest absolute Gasteiger partial charge is 0.231 e. The third kappa shape index (κ3) is 1.83. The molecule has 0 saturated carbocycles. The van der Waals surface area contributed by atoms with Gasteiger partial charge in [0.25, 0.3) is 0 Å². The summed E-state index contributed by atoms with van der Waals surface area (Å²) >= 11 is 0. The highest BCUT2D eigenvalue weighted by Gasteiger charge is 2.17. The van der Waals surface area contributed by atoms with Crippen LogP contribution in [0, 0.1) is 0 Å². The van der Waals surface area contributed by atoms with Crippen LogP contribution in [-0.4, -0.2) is 16.9 Å². The van der Waals surface area contributed by atoms with Crippen LogP contribution in [0.2, 0.25) is 0 Å². The van der Waals surface area contributed by atoms with Crippen molar-refractivity contribution in [1.82, 2.24) is 4.98 Å². The Bertz CT molecular complexity index is 527. The molecule has 2 aromatic rings. The fourth-order valence-electron chi connectivity index (χ4n) is 1.79. The second kappa shape index (κ2) is 4.07. The summed E-state index contributed by atoms with van der Waals surface area (Å²) in [5.74, 6) is 1.37. The van der Waals surface area contributed by atoms with E-state index in [1.807, 2.05) is 18.2 Å². The molecule has 1 aliphatic rings. The Balaban J connectivity index is 1.94. The SMILES string of the molecule is O[C@H](c1ccc2c(c1)OCO2)c1ccccn1. The van der Waals surface area contributed by atoms with Gasteiger partial charge in [-0.3, -0.25) is 4.98 Å². The molecule has 0 unspecified atom stereocenters. The molecule has 4 nitrogen and oxygen atoms in total. The van der Waals surface area contributed by atoms with E-state index >= 15 is 0 Å². The summed E-state index contributed by atoms with van der Waals surface area (Å²) in [6.07, 6.45) is 0.914. The summed E-state index contributed by atoms with van der Waals surface area (Å²) in [5.41, 5.74) is 1.36. The van der Waals surface area contributed by atoms with Gasteiger partial charge < -0.3 is 14.6 Å². The van der Waals surface area contributed by atoms with E-state index in [0.717, 1.165) is 5.56 Å². The molecular weight excluding hydrogens is 218 g/mol. The molecule has 0 bridgehead atoms. The standard InChI is InChI=1S/C13H11NO3/c15-13(10-3-1-2-6-14-10)9-4-5-11-12(7-9)17-8-16-11/h1-7,13,15H,8H2/t13-/m1/s1. The van der Waals surface area contributed by atoms with Crippen molar-refractivity contribution < 1.29 is 14.6 Å². The number of nitrogens with zero attached hydrogens (tertiary/aromatic N) is 1. The molecule has 2 heterocycles. The number of aliphatic hydroxyl groups is 1. The zero-order chi connectivity index (χ0) is 11.7. The summed E-state index contributed by atoms with van der Waals surface area (Å²) in [6.45, 7) is 0.235. The van der Waals surface area contributed by atoms with Gasteiger partial charge in [0.2, 0.25) is 6.79 Å². The molecule has 1 N–H and O–H groups in total. The van der Waals surface area contributed by atoms with E-state index in [1.54, 1.807) is 24.4 Å². The molecule has 0 aliphatic carbocycles. The number of pyridine rings is 1. The number of ether oxygens (including phenoxy) is 2. The summed E-state index contributed by atoms with van der Waals surface area (Å²) in [7, 11) is 0. The highest BCUT2D eigenvalue weighted by Crippen LogP contribution is 2.35. The van der Waals surface area contributed by atoms with Crippen LogP contribution >= 0.6 is 0 Å². The molecule has 0 radical (unpaired) electrons. The first-order chi connectivity index (χ1) is 8.34. The van der Waals surface area contributed by atoms with Crippen molar-refractivity contribution in [3.05, 3.63) is 53.9 Å². The quantitative estimate of drug-likeness (QED) is 0.854. The van der Waals surface area contributed by atoms with E-state index in [0.29, 0.717) is 17.2 Å². The maximum Gasteiger partial charge on any atom is 0.231 e. The van der Waals surface area contributed by atoms with E-state index in [9.17, 15) is 5.11 Å². The lowest BCUT2D eigenvalue weighted by Gasteiger charge is -2.10. The minimum absolute atomic E-state index is 0.235. The Labute approximate surface area is 98.5 Å². The molecule has 1 aliphatic heterocycles. The largest absolute Gasteiger partial charge is 0.454 e. The van der Waals surface area contributed by atoms with Crippen LogP contribution in [0.25, 0.3) is 0 Å². The van der Waals surface area contributed by atoms with Gasteiger partial charge in [-0.1, -0.05) is 12.1 Å². The molecule has 0 fully saturated rings. The second-order valence-electron chi connectivity index (χ2n) is 3.77. The lowest BCUT2D eigenvalue weighted by molar-refractivity contribution is 0.173. The normalized spacial score (nSPS) is 14.6.